The summed E-state index contributed by atoms with van der Waals surface area (Å²) >= 11 is 0. The topological polar surface area (TPSA) is 101 Å². The van der Waals surface area contributed by atoms with Gasteiger partial charge in [0.05, 0.1) is 0 Å². The van der Waals surface area contributed by atoms with Gasteiger partial charge in [-0.05, 0) is 60.1 Å². The lowest BCUT2D eigenvalue weighted by molar-refractivity contribution is 0.365. The van der Waals surface area contributed by atoms with Gasteiger partial charge in [0.2, 0.25) is 5.75 Å². The lowest BCUT2D eigenvalue weighted by Crippen LogP contribution is -2.02. The maximum atomic E-state index is 10.1. The average molecular weight is 300 g/mol. The molecule has 114 valence electrons. The SMILES string of the molecule is Cc1c(O)c(O)cc2c1CC1Cc3c(cc(O)c(O)c3O)C21. The summed E-state index contributed by atoms with van der Waals surface area (Å²) in [7, 11) is 0. The Morgan fingerprint density at radius 2 is 1.32 bits per heavy atom. The summed E-state index contributed by atoms with van der Waals surface area (Å²) in [5.74, 6) is -1.18. The molecule has 5 N–H and O–H groups in total. The van der Waals surface area contributed by atoms with Crippen LogP contribution in [0.5, 0.6) is 28.7 Å². The standard InChI is InChI=1S/C17H16O5/c1-6-8-2-7-3-11-10(5-13(19)17(22)16(11)21)14(7)9(8)4-12(18)15(6)20/h4-5,7,14,18-22H,2-3H2,1H3. The molecule has 0 saturated heterocycles. The molecule has 5 heteroatoms. The monoisotopic (exact) mass is 300 g/mol. The van der Waals surface area contributed by atoms with Crippen molar-refractivity contribution in [2.24, 2.45) is 5.92 Å². The number of phenolic OH excluding ortho intramolecular Hbond substituents is 5. The molecule has 2 aliphatic carbocycles. The van der Waals surface area contributed by atoms with Gasteiger partial charge in [-0.25, -0.2) is 0 Å². The zero-order chi connectivity index (χ0) is 15.8. The molecular weight excluding hydrogens is 284 g/mol. The average Bonchev–Trinajstić information content (AvgIpc) is 3.00. The molecule has 2 atom stereocenters. The zero-order valence-corrected chi connectivity index (χ0v) is 12.0. The van der Waals surface area contributed by atoms with Crippen molar-refractivity contribution in [2.45, 2.75) is 25.7 Å². The van der Waals surface area contributed by atoms with Crippen LogP contribution >= 0.6 is 0 Å². The van der Waals surface area contributed by atoms with Gasteiger partial charge in [0.15, 0.2) is 23.0 Å². The first-order valence-corrected chi connectivity index (χ1v) is 7.21. The maximum Gasteiger partial charge on any atom is 0.200 e. The fraction of sp³-hybridized carbons (Fsp3) is 0.294. The molecule has 0 radical (unpaired) electrons. The first-order chi connectivity index (χ1) is 10.4. The summed E-state index contributed by atoms with van der Waals surface area (Å²) in [5.41, 5.74) is 4.05. The van der Waals surface area contributed by atoms with E-state index >= 15 is 0 Å². The molecule has 2 aromatic rings. The fourth-order valence-corrected chi connectivity index (χ4v) is 4.11. The van der Waals surface area contributed by atoms with E-state index < -0.39 is 5.75 Å². The number of hydrogen-bond acceptors (Lipinski definition) is 5. The Bertz CT molecular complexity index is 757. The highest BCUT2D eigenvalue weighted by Crippen LogP contribution is 2.57. The van der Waals surface area contributed by atoms with Crippen LogP contribution in [0.2, 0.25) is 0 Å². The van der Waals surface area contributed by atoms with Crippen molar-refractivity contribution < 1.29 is 25.5 Å². The van der Waals surface area contributed by atoms with Gasteiger partial charge >= 0.3 is 0 Å². The molecule has 0 fully saturated rings. The lowest BCUT2D eigenvalue weighted by atomic mass is 9.91. The van der Waals surface area contributed by atoms with Crippen LogP contribution in [-0.2, 0) is 12.8 Å². The quantitative estimate of drug-likeness (QED) is 0.481. The Kier molecular flexibility index (Phi) is 2.39. The third kappa shape index (κ3) is 1.43. The van der Waals surface area contributed by atoms with E-state index in [0.29, 0.717) is 17.5 Å². The highest BCUT2D eigenvalue weighted by atomic mass is 16.3. The third-order valence-electron chi connectivity index (χ3n) is 5.16. The first-order valence-electron chi connectivity index (χ1n) is 7.21. The highest BCUT2D eigenvalue weighted by molar-refractivity contribution is 5.65. The van der Waals surface area contributed by atoms with Crippen LogP contribution < -0.4 is 0 Å². The number of rotatable bonds is 0. The molecule has 2 aliphatic rings. The van der Waals surface area contributed by atoms with Gasteiger partial charge in [0.25, 0.3) is 0 Å². The fourth-order valence-electron chi connectivity index (χ4n) is 4.11. The van der Waals surface area contributed by atoms with E-state index in [0.717, 1.165) is 23.1 Å². The predicted octanol–water partition coefficient (Wildman–Crippen LogP) is 2.38. The third-order valence-corrected chi connectivity index (χ3v) is 5.16. The minimum absolute atomic E-state index is 0.0485. The van der Waals surface area contributed by atoms with Gasteiger partial charge < -0.3 is 25.5 Å². The largest absolute Gasteiger partial charge is 0.504 e. The molecule has 0 amide bonds. The second-order valence-corrected chi connectivity index (χ2v) is 6.24. The first kappa shape index (κ1) is 13.1. The number of benzene rings is 2. The summed E-state index contributed by atoms with van der Waals surface area (Å²) in [6, 6.07) is 3.06. The van der Waals surface area contributed by atoms with E-state index in [2.05, 4.69) is 0 Å². The Morgan fingerprint density at radius 1 is 0.773 bits per heavy atom. The maximum absolute atomic E-state index is 10.1. The van der Waals surface area contributed by atoms with Crippen molar-refractivity contribution in [1.82, 2.24) is 0 Å². The van der Waals surface area contributed by atoms with Crippen LogP contribution in [-0.4, -0.2) is 25.5 Å². The van der Waals surface area contributed by atoms with Crippen LogP contribution in [0.3, 0.4) is 0 Å². The van der Waals surface area contributed by atoms with Gasteiger partial charge in [-0.2, -0.15) is 0 Å². The minimum Gasteiger partial charge on any atom is -0.504 e. The summed E-state index contributed by atoms with van der Waals surface area (Å²) in [6.45, 7) is 1.78. The van der Waals surface area contributed by atoms with E-state index in [1.54, 1.807) is 13.0 Å². The van der Waals surface area contributed by atoms with Gasteiger partial charge in [-0.3, -0.25) is 0 Å². The number of phenols is 5. The number of hydrogen-bond donors (Lipinski definition) is 5. The molecule has 0 heterocycles. The van der Waals surface area contributed by atoms with Gasteiger partial charge in [-0.15, -0.1) is 0 Å². The van der Waals surface area contributed by atoms with E-state index in [9.17, 15) is 25.5 Å². The molecule has 22 heavy (non-hydrogen) atoms. The van der Waals surface area contributed by atoms with Gasteiger partial charge in [0.1, 0.15) is 0 Å². The van der Waals surface area contributed by atoms with E-state index in [1.807, 2.05) is 0 Å². The van der Waals surface area contributed by atoms with E-state index in [-0.39, 0.29) is 34.8 Å². The molecule has 0 aliphatic heterocycles. The Balaban J connectivity index is 1.96. The van der Waals surface area contributed by atoms with Crippen LogP contribution in [0, 0.1) is 12.8 Å². The van der Waals surface area contributed by atoms with Crippen LogP contribution in [0.1, 0.15) is 33.7 Å². The van der Waals surface area contributed by atoms with Gasteiger partial charge in [0, 0.05) is 11.5 Å². The van der Waals surface area contributed by atoms with Gasteiger partial charge in [-0.1, -0.05) is 0 Å². The summed E-state index contributed by atoms with van der Waals surface area (Å²) < 4.78 is 0. The summed E-state index contributed by atoms with van der Waals surface area (Å²) in [5, 5.41) is 49.3. The Labute approximate surface area is 126 Å². The summed E-state index contributed by atoms with van der Waals surface area (Å²) in [6.07, 6.45) is 1.32. The molecule has 2 aromatic carbocycles. The second-order valence-electron chi connectivity index (χ2n) is 6.24. The normalized spacial score (nSPS) is 21.5. The van der Waals surface area contributed by atoms with Crippen LogP contribution in [0.25, 0.3) is 0 Å². The second kappa shape index (κ2) is 4.00. The smallest absolute Gasteiger partial charge is 0.200 e. The van der Waals surface area contributed by atoms with Crippen molar-refractivity contribution in [3.8, 4) is 28.7 Å². The number of fused-ring (bicyclic) bond motifs is 5. The molecular formula is C17H16O5. The molecule has 0 aromatic heterocycles. The molecule has 5 nitrogen and oxygen atoms in total. The van der Waals surface area contributed by atoms with Crippen molar-refractivity contribution in [1.29, 1.82) is 0 Å². The lowest BCUT2D eigenvalue weighted by Gasteiger charge is -2.15. The van der Waals surface area contributed by atoms with Crippen molar-refractivity contribution in [3.63, 3.8) is 0 Å². The molecule has 0 bridgehead atoms. The van der Waals surface area contributed by atoms with E-state index in [1.165, 1.54) is 6.07 Å². The van der Waals surface area contributed by atoms with Crippen LogP contribution in [0.15, 0.2) is 12.1 Å². The van der Waals surface area contributed by atoms with Crippen molar-refractivity contribution in [2.75, 3.05) is 0 Å². The minimum atomic E-state index is -0.483. The zero-order valence-electron chi connectivity index (χ0n) is 12.0. The number of aromatic hydroxyl groups is 5. The molecule has 0 spiro atoms. The summed E-state index contributed by atoms with van der Waals surface area (Å²) in [4.78, 5) is 0. The molecule has 2 unspecified atom stereocenters. The Hall–Kier alpha value is -2.56. The molecule has 0 saturated carbocycles. The Morgan fingerprint density at radius 3 is 2.00 bits per heavy atom. The highest BCUT2D eigenvalue weighted by Gasteiger charge is 2.43. The van der Waals surface area contributed by atoms with E-state index in [4.69, 9.17) is 0 Å². The molecule has 4 rings (SSSR count). The van der Waals surface area contributed by atoms with Crippen molar-refractivity contribution >= 4 is 0 Å². The van der Waals surface area contributed by atoms with Crippen molar-refractivity contribution in [3.05, 3.63) is 39.9 Å². The predicted molar refractivity (Wildman–Crippen MR) is 78.7 cm³/mol. The van der Waals surface area contributed by atoms with Crippen LogP contribution in [0.4, 0.5) is 0 Å².